The van der Waals surface area contributed by atoms with Gasteiger partial charge in [-0.15, -0.1) is 0 Å². The molecule has 0 fully saturated rings. The van der Waals surface area contributed by atoms with Crippen molar-refractivity contribution >= 4 is 5.91 Å². The first-order valence-electron chi connectivity index (χ1n) is 7.21. The van der Waals surface area contributed by atoms with Gasteiger partial charge in [0.25, 0.3) is 0 Å². The predicted octanol–water partition coefficient (Wildman–Crippen LogP) is 1.94. The van der Waals surface area contributed by atoms with Crippen LogP contribution in [0.5, 0.6) is 0 Å². The molecule has 6 heteroatoms. The molecular weight excluding hydrogens is 266 g/mol. The van der Waals surface area contributed by atoms with Crippen molar-refractivity contribution in [2.45, 2.75) is 46.8 Å². The van der Waals surface area contributed by atoms with Gasteiger partial charge in [-0.1, -0.05) is 0 Å². The standard InChI is InChI=1S/C15H23N5O/c1-6-20-11(2)14(9-17-20)10-18(5)15(21)12(3)19-8-7-16-13(19)4/h7-9,12H,6,10H2,1-5H3/t12-/m1/s1. The quantitative estimate of drug-likeness (QED) is 0.845. The van der Waals surface area contributed by atoms with E-state index in [1.165, 1.54) is 0 Å². The maximum atomic E-state index is 12.5. The van der Waals surface area contributed by atoms with Gasteiger partial charge in [0.05, 0.1) is 6.20 Å². The molecule has 21 heavy (non-hydrogen) atoms. The molecule has 2 aromatic heterocycles. The maximum Gasteiger partial charge on any atom is 0.245 e. The summed E-state index contributed by atoms with van der Waals surface area (Å²) in [5.74, 6) is 0.916. The molecule has 6 nitrogen and oxygen atoms in total. The lowest BCUT2D eigenvalue weighted by Crippen LogP contribution is -2.33. The fraction of sp³-hybridized carbons (Fsp3) is 0.533. The SMILES string of the molecule is CCn1ncc(CN(C)C(=O)[C@@H](C)n2ccnc2C)c1C. The predicted molar refractivity (Wildman–Crippen MR) is 80.8 cm³/mol. The van der Waals surface area contributed by atoms with Gasteiger partial charge < -0.3 is 9.47 Å². The Morgan fingerprint density at radius 2 is 2.14 bits per heavy atom. The number of hydrogen-bond acceptors (Lipinski definition) is 3. The van der Waals surface area contributed by atoms with Crippen molar-refractivity contribution in [3.8, 4) is 0 Å². The number of likely N-dealkylation sites (N-methyl/N-ethyl adjacent to an activating group) is 1. The van der Waals surface area contributed by atoms with Crippen LogP contribution in [-0.2, 0) is 17.9 Å². The lowest BCUT2D eigenvalue weighted by atomic mass is 10.2. The van der Waals surface area contributed by atoms with Gasteiger partial charge in [-0.3, -0.25) is 9.48 Å². The minimum atomic E-state index is -0.251. The molecule has 0 spiro atoms. The van der Waals surface area contributed by atoms with Crippen LogP contribution < -0.4 is 0 Å². The molecule has 1 atom stereocenters. The van der Waals surface area contributed by atoms with Gasteiger partial charge in [0.1, 0.15) is 11.9 Å². The monoisotopic (exact) mass is 289 g/mol. The molecule has 0 aliphatic rings. The zero-order valence-electron chi connectivity index (χ0n) is 13.4. The van der Waals surface area contributed by atoms with E-state index in [9.17, 15) is 4.79 Å². The summed E-state index contributed by atoms with van der Waals surface area (Å²) in [5.41, 5.74) is 2.20. The molecule has 0 aliphatic heterocycles. The second-order valence-electron chi connectivity index (χ2n) is 5.32. The van der Waals surface area contributed by atoms with E-state index in [1.807, 2.05) is 49.5 Å². The molecule has 0 saturated heterocycles. The van der Waals surface area contributed by atoms with Crippen molar-refractivity contribution in [1.29, 1.82) is 0 Å². The smallest absolute Gasteiger partial charge is 0.245 e. The van der Waals surface area contributed by atoms with Gasteiger partial charge in [-0.25, -0.2) is 4.98 Å². The van der Waals surface area contributed by atoms with Gasteiger partial charge in [0.2, 0.25) is 5.91 Å². The van der Waals surface area contributed by atoms with E-state index in [0.717, 1.165) is 23.6 Å². The topological polar surface area (TPSA) is 56.0 Å². The Labute approximate surface area is 125 Å². The van der Waals surface area contributed by atoms with Crippen LogP contribution in [0, 0.1) is 13.8 Å². The average Bonchev–Trinajstić information content (AvgIpc) is 3.04. The first-order chi connectivity index (χ1) is 9.95. The van der Waals surface area contributed by atoms with Crippen LogP contribution in [0.25, 0.3) is 0 Å². The summed E-state index contributed by atoms with van der Waals surface area (Å²) in [4.78, 5) is 18.5. The number of amides is 1. The van der Waals surface area contributed by atoms with Crippen LogP contribution in [0.15, 0.2) is 18.6 Å². The highest BCUT2D eigenvalue weighted by Crippen LogP contribution is 2.15. The van der Waals surface area contributed by atoms with Gasteiger partial charge in [0.15, 0.2) is 0 Å². The van der Waals surface area contributed by atoms with Crippen LogP contribution in [-0.4, -0.2) is 37.2 Å². The lowest BCUT2D eigenvalue weighted by Gasteiger charge is -2.22. The maximum absolute atomic E-state index is 12.5. The molecule has 2 rings (SSSR count). The minimum Gasteiger partial charge on any atom is -0.340 e. The molecule has 0 unspecified atom stereocenters. The highest BCUT2D eigenvalue weighted by molar-refractivity contribution is 5.79. The van der Waals surface area contributed by atoms with Gasteiger partial charge in [0, 0.05) is 43.8 Å². The summed E-state index contributed by atoms with van der Waals surface area (Å²) < 4.78 is 3.83. The van der Waals surface area contributed by atoms with Crippen LogP contribution >= 0.6 is 0 Å². The van der Waals surface area contributed by atoms with Crippen LogP contribution in [0.4, 0.5) is 0 Å². The van der Waals surface area contributed by atoms with Crippen LogP contribution in [0.1, 0.15) is 37.0 Å². The summed E-state index contributed by atoms with van der Waals surface area (Å²) in [6.07, 6.45) is 5.40. The number of nitrogens with zero attached hydrogens (tertiary/aromatic N) is 5. The molecule has 0 aromatic carbocycles. The molecule has 0 aliphatic carbocycles. The first-order valence-corrected chi connectivity index (χ1v) is 7.21. The Bertz CT molecular complexity index is 628. The molecule has 2 heterocycles. The Morgan fingerprint density at radius 1 is 1.43 bits per heavy atom. The van der Waals surface area contributed by atoms with Crippen molar-refractivity contribution in [2.75, 3.05) is 7.05 Å². The third-order valence-corrected chi connectivity index (χ3v) is 3.93. The number of imidazole rings is 1. The van der Waals surface area contributed by atoms with Crippen molar-refractivity contribution in [2.24, 2.45) is 0 Å². The molecular formula is C15H23N5O. The van der Waals surface area contributed by atoms with Crippen LogP contribution in [0.3, 0.4) is 0 Å². The van der Waals surface area contributed by atoms with E-state index < -0.39 is 0 Å². The van der Waals surface area contributed by atoms with Gasteiger partial charge >= 0.3 is 0 Å². The minimum absolute atomic E-state index is 0.0692. The van der Waals surface area contributed by atoms with Crippen LogP contribution in [0.2, 0.25) is 0 Å². The Kier molecular flexibility index (Phi) is 4.45. The highest BCUT2D eigenvalue weighted by atomic mass is 16.2. The third-order valence-electron chi connectivity index (χ3n) is 3.93. The molecule has 0 bridgehead atoms. The molecule has 0 N–H and O–H groups in total. The van der Waals surface area contributed by atoms with Crippen molar-refractivity contribution < 1.29 is 4.79 Å². The second kappa shape index (κ2) is 6.11. The average molecular weight is 289 g/mol. The molecule has 114 valence electrons. The highest BCUT2D eigenvalue weighted by Gasteiger charge is 2.21. The van der Waals surface area contributed by atoms with Crippen molar-refractivity contribution in [3.05, 3.63) is 35.7 Å². The van der Waals surface area contributed by atoms with Crippen molar-refractivity contribution in [1.82, 2.24) is 24.2 Å². The number of aromatic nitrogens is 4. The summed E-state index contributed by atoms with van der Waals surface area (Å²) in [5, 5.41) is 4.32. The number of hydrogen-bond donors (Lipinski definition) is 0. The number of carbonyl (C=O) groups excluding carboxylic acids is 1. The fourth-order valence-corrected chi connectivity index (χ4v) is 2.53. The van der Waals surface area contributed by atoms with E-state index in [2.05, 4.69) is 17.0 Å². The van der Waals surface area contributed by atoms with Crippen molar-refractivity contribution in [3.63, 3.8) is 0 Å². The largest absolute Gasteiger partial charge is 0.340 e. The van der Waals surface area contributed by atoms with E-state index in [-0.39, 0.29) is 11.9 Å². The summed E-state index contributed by atoms with van der Waals surface area (Å²) in [7, 11) is 1.83. The number of carbonyl (C=O) groups is 1. The van der Waals surface area contributed by atoms with E-state index in [4.69, 9.17) is 0 Å². The number of rotatable bonds is 5. The number of aryl methyl sites for hydroxylation is 2. The molecule has 0 saturated carbocycles. The summed E-state index contributed by atoms with van der Waals surface area (Å²) >= 11 is 0. The van der Waals surface area contributed by atoms with E-state index in [0.29, 0.717) is 6.54 Å². The van der Waals surface area contributed by atoms with Gasteiger partial charge in [-0.2, -0.15) is 5.10 Å². The lowest BCUT2D eigenvalue weighted by molar-refractivity contribution is -0.133. The Morgan fingerprint density at radius 3 is 2.67 bits per heavy atom. The molecule has 0 radical (unpaired) electrons. The summed E-state index contributed by atoms with van der Waals surface area (Å²) in [6, 6.07) is -0.251. The normalized spacial score (nSPS) is 12.4. The second-order valence-corrected chi connectivity index (χ2v) is 5.32. The Balaban J connectivity index is 2.09. The zero-order chi connectivity index (χ0) is 15.6. The third kappa shape index (κ3) is 2.99. The first kappa shape index (κ1) is 15.3. The summed E-state index contributed by atoms with van der Waals surface area (Å²) in [6.45, 7) is 9.31. The van der Waals surface area contributed by atoms with E-state index in [1.54, 1.807) is 11.1 Å². The fourth-order valence-electron chi connectivity index (χ4n) is 2.53. The molecule has 2 aromatic rings. The van der Waals surface area contributed by atoms with Gasteiger partial charge in [-0.05, 0) is 27.7 Å². The zero-order valence-corrected chi connectivity index (χ0v) is 13.4. The Hall–Kier alpha value is -2.11. The van der Waals surface area contributed by atoms with E-state index >= 15 is 0 Å². The molecule has 1 amide bonds.